The highest BCUT2D eigenvalue weighted by atomic mass is 15.2. The van der Waals surface area contributed by atoms with Gasteiger partial charge in [0.05, 0.1) is 11.0 Å². The molecular formula is C17H14N4. The minimum Gasteiger partial charge on any atom is -0.264 e. The maximum absolute atomic E-state index is 4.72. The minimum absolute atomic E-state index is 0.710. The molecule has 4 heteroatoms. The van der Waals surface area contributed by atoms with Crippen LogP contribution in [0.2, 0.25) is 0 Å². The number of aromatic nitrogens is 4. The van der Waals surface area contributed by atoms with Gasteiger partial charge in [-0.05, 0) is 12.1 Å². The molecule has 102 valence electrons. The molecule has 0 atom stereocenters. The maximum Gasteiger partial charge on any atom is 0.238 e. The quantitative estimate of drug-likeness (QED) is 0.562. The second-order valence-corrected chi connectivity index (χ2v) is 4.92. The average molecular weight is 274 g/mol. The third kappa shape index (κ3) is 1.88. The Morgan fingerprint density at radius 1 is 0.857 bits per heavy atom. The van der Waals surface area contributed by atoms with Gasteiger partial charge < -0.3 is 0 Å². The van der Waals surface area contributed by atoms with Gasteiger partial charge >= 0.3 is 0 Å². The zero-order chi connectivity index (χ0) is 14.2. The Bertz CT molecular complexity index is 925. The number of imidazole rings is 1. The number of rotatable bonds is 2. The average Bonchev–Trinajstić information content (AvgIpc) is 2.93. The summed E-state index contributed by atoms with van der Waals surface area (Å²) in [7, 11) is 0. The van der Waals surface area contributed by atoms with Crippen LogP contribution in [0.15, 0.2) is 54.6 Å². The molecule has 0 radical (unpaired) electrons. The van der Waals surface area contributed by atoms with Crippen LogP contribution in [-0.2, 0) is 6.42 Å². The van der Waals surface area contributed by atoms with Crippen molar-refractivity contribution in [2.45, 2.75) is 13.3 Å². The molecule has 0 aliphatic heterocycles. The van der Waals surface area contributed by atoms with E-state index in [0.717, 1.165) is 34.7 Å². The van der Waals surface area contributed by atoms with Crippen LogP contribution in [0.4, 0.5) is 0 Å². The van der Waals surface area contributed by atoms with Gasteiger partial charge in [0.2, 0.25) is 5.78 Å². The highest BCUT2D eigenvalue weighted by molar-refractivity contribution is 5.80. The Hall–Kier alpha value is -2.75. The summed E-state index contributed by atoms with van der Waals surface area (Å²) in [6.45, 7) is 2.10. The van der Waals surface area contributed by atoms with Crippen LogP contribution in [0.5, 0.6) is 0 Å². The summed E-state index contributed by atoms with van der Waals surface area (Å²) in [5.74, 6) is 2.42. The van der Waals surface area contributed by atoms with E-state index in [2.05, 4.69) is 23.0 Å². The van der Waals surface area contributed by atoms with Gasteiger partial charge in [0, 0.05) is 12.0 Å². The van der Waals surface area contributed by atoms with Crippen molar-refractivity contribution in [2.24, 2.45) is 0 Å². The lowest BCUT2D eigenvalue weighted by Crippen LogP contribution is -2.04. The van der Waals surface area contributed by atoms with Gasteiger partial charge in [0.1, 0.15) is 5.82 Å². The summed E-state index contributed by atoms with van der Waals surface area (Å²) >= 11 is 0. The largest absolute Gasteiger partial charge is 0.264 e. The molecule has 0 bridgehead atoms. The molecule has 0 saturated heterocycles. The summed E-state index contributed by atoms with van der Waals surface area (Å²) < 4.78 is 2.04. The van der Waals surface area contributed by atoms with E-state index < -0.39 is 0 Å². The summed E-state index contributed by atoms with van der Waals surface area (Å²) in [4.78, 5) is 14.0. The Morgan fingerprint density at radius 2 is 1.62 bits per heavy atom. The molecule has 0 aliphatic carbocycles. The summed E-state index contributed by atoms with van der Waals surface area (Å²) in [5.41, 5.74) is 3.03. The van der Waals surface area contributed by atoms with Crippen LogP contribution < -0.4 is 0 Å². The van der Waals surface area contributed by atoms with Crippen molar-refractivity contribution < 1.29 is 0 Å². The van der Waals surface area contributed by atoms with E-state index in [9.17, 15) is 0 Å². The van der Waals surface area contributed by atoms with E-state index in [1.165, 1.54) is 0 Å². The SMILES string of the molecule is CCc1nc(-c2ccccc2)nc2nc3ccccc3n12. The van der Waals surface area contributed by atoms with Crippen LogP contribution in [0.25, 0.3) is 28.2 Å². The topological polar surface area (TPSA) is 43.1 Å². The molecule has 4 rings (SSSR count). The first-order chi connectivity index (χ1) is 10.4. The van der Waals surface area contributed by atoms with Gasteiger partial charge in [0.15, 0.2) is 5.82 Å². The van der Waals surface area contributed by atoms with Crippen molar-refractivity contribution in [1.82, 2.24) is 19.4 Å². The highest BCUT2D eigenvalue weighted by Crippen LogP contribution is 2.21. The smallest absolute Gasteiger partial charge is 0.238 e. The minimum atomic E-state index is 0.710. The first kappa shape index (κ1) is 12.0. The number of hydrogen-bond donors (Lipinski definition) is 0. The molecule has 0 fully saturated rings. The molecule has 0 unspecified atom stereocenters. The van der Waals surface area contributed by atoms with Crippen LogP contribution in [0.3, 0.4) is 0 Å². The lowest BCUT2D eigenvalue weighted by Gasteiger charge is -2.06. The highest BCUT2D eigenvalue weighted by Gasteiger charge is 2.12. The van der Waals surface area contributed by atoms with Crippen molar-refractivity contribution in [3.05, 3.63) is 60.4 Å². The first-order valence-electron chi connectivity index (χ1n) is 7.06. The second-order valence-electron chi connectivity index (χ2n) is 4.92. The molecule has 2 aromatic heterocycles. The fourth-order valence-corrected chi connectivity index (χ4v) is 2.59. The van der Waals surface area contributed by atoms with E-state index >= 15 is 0 Å². The number of nitrogens with zero attached hydrogens (tertiary/aromatic N) is 4. The summed E-state index contributed by atoms with van der Waals surface area (Å²) in [5, 5.41) is 0. The van der Waals surface area contributed by atoms with Crippen LogP contribution >= 0.6 is 0 Å². The number of fused-ring (bicyclic) bond motifs is 3. The Morgan fingerprint density at radius 3 is 2.43 bits per heavy atom. The van der Waals surface area contributed by atoms with Gasteiger partial charge in [0.25, 0.3) is 0 Å². The molecule has 2 heterocycles. The number of para-hydroxylation sites is 2. The zero-order valence-corrected chi connectivity index (χ0v) is 11.7. The van der Waals surface area contributed by atoms with Crippen molar-refractivity contribution in [3.8, 4) is 11.4 Å². The molecule has 0 amide bonds. The van der Waals surface area contributed by atoms with Crippen LogP contribution in [-0.4, -0.2) is 19.4 Å². The van der Waals surface area contributed by atoms with E-state index in [1.54, 1.807) is 0 Å². The molecule has 4 aromatic rings. The summed E-state index contributed by atoms with van der Waals surface area (Å²) in [6, 6.07) is 18.1. The molecular weight excluding hydrogens is 260 g/mol. The molecule has 21 heavy (non-hydrogen) atoms. The van der Waals surface area contributed by atoms with Crippen LogP contribution in [0, 0.1) is 0 Å². The first-order valence-corrected chi connectivity index (χ1v) is 7.06. The lowest BCUT2D eigenvalue weighted by atomic mass is 10.2. The Balaban J connectivity index is 2.07. The van der Waals surface area contributed by atoms with Gasteiger partial charge in [-0.3, -0.25) is 4.40 Å². The normalized spacial score (nSPS) is 11.3. The van der Waals surface area contributed by atoms with Crippen molar-refractivity contribution in [1.29, 1.82) is 0 Å². The Kier molecular flexibility index (Phi) is 2.67. The van der Waals surface area contributed by atoms with Crippen LogP contribution in [0.1, 0.15) is 12.7 Å². The van der Waals surface area contributed by atoms with Gasteiger partial charge in [-0.25, -0.2) is 9.97 Å². The standard InChI is InChI=1S/C17H14N4/c1-2-15-19-16(12-8-4-3-5-9-12)20-17-18-13-10-6-7-11-14(13)21(15)17/h3-11H,2H2,1H3. The third-order valence-corrected chi connectivity index (χ3v) is 3.59. The number of aryl methyl sites for hydroxylation is 1. The number of hydrogen-bond acceptors (Lipinski definition) is 3. The van der Waals surface area contributed by atoms with Gasteiger partial charge in [-0.15, -0.1) is 0 Å². The van der Waals surface area contributed by atoms with Crippen molar-refractivity contribution >= 4 is 16.8 Å². The second kappa shape index (κ2) is 4.66. The monoisotopic (exact) mass is 274 g/mol. The molecule has 0 N–H and O–H groups in total. The molecule has 0 saturated carbocycles. The fraction of sp³-hybridized carbons (Fsp3) is 0.118. The zero-order valence-electron chi connectivity index (χ0n) is 11.7. The predicted molar refractivity (Wildman–Crippen MR) is 83.1 cm³/mol. The maximum atomic E-state index is 4.72. The van der Waals surface area contributed by atoms with E-state index in [-0.39, 0.29) is 0 Å². The fourth-order valence-electron chi connectivity index (χ4n) is 2.59. The van der Waals surface area contributed by atoms with Crippen molar-refractivity contribution in [2.75, 3.05) is 0 Å². The molecule has 0 spiro atoms. The summed E-state index contributed by atoms with van der Waals surface area (Å²) in [6.07, 6.45) is 0.833. The van der Waals surface area contributed by atoms with E-state index in [0.29, 0.717) is 5.78 Å². The molecule has 0 aliphatic rings. The lowest BCUT2D eigenvalue weighted by molar-refractivity contribution is 0.885. The van der Waals surface area contributed by atoms with E-state index in [1.807, 2.05) is 52.9 Å². The molecule has 2 aromatic carbocycles. The van der Waals surface area contributed by atoms with E-state index in [4.69, 9.17) is 4.98 Å². The molecule has 4 nitrogen and oxygen atoms in total. The van der Waals surface area contributed by atoms with Crippen molar-refractivity contribution in [3.63, 3.8) is 0 Å². The Labute approximate surface area is 122 Å². The van der Waals surface area contributed by atoms with Gasteiger partial charge in [-0.1, -0.05) is 49.4 Å². The van der Waals surface area contributed by atoms with Gasteiger partial charge in [-0.2, -0.15) is 4.98 Å². The predicted octanol–water partition coefficient (Wildman–Crippen LogP) is 3.51. The third-order valence-electron chi connectivity index (χ3n) is 3.59. The number of benzene rings is 2.